The summed E-state index contributed by atoms with van der Waals surface area (Å²) in [6.45, 7) is 1.53. The zero-order valence-electron chi connectivity index (χ0n) is 13.0. The van der Waals surface area contributed by atoms with Crippen molar-refractivity contribution in [3.05, 3.63) is 29.8 Å². The molecule has 1 atom stereocenters. The lowest BCUT2D eigenvalue weighted by Gasteiger charge is -2.27. The van der Waals surface area contributed by atoms with Crippen molar-refractivity contribution in [2.75, 3.05) is 27.3 Å². The van der Waals surface area contributed by atoms with Crippen LogP contribution in [0.1, 0.15) is 31.2 Å². The first-order chi connectivity index (χ1) is 10.2. The minimum absolute atomic E-state index is 0.162. The Kier molecular flexibility index (Phi) is 6.05. The van der Waals surface area contributed by atoms with Crippen molar-refractivity contribution >= 4 is 5.91 Å². The van der Waals surface area contributed by atoms with Crippen LogP contribution < -0.4 is 4.74 Å². The number of carbonyl (C=O) groups excluding carboxylic acids is 1. The monoisotopic (exact) mass is 291 g/mol. The topological polar surface area (TPSA) is 38.8 Å². The average molecular weight is 291 g/mol. The van der Waals surface area contributed by atoms with Crippen molar-refractivity contribution in [1.82, 2.24) is 4.90 Å². The maximum atomic E-state index is 12.2. The van der Waals surface area contributed by atoms with Crippen molar-refractivity contribution in [2.45, 2.75) is 38.2 Å². The number of likely N-dealkylation sites (N-methyl/N-ethyl adjacent to an activating group) is 1. The van der Waals surface area contributed by atoms with E-state index in [1.165, 1.54) is 6.42 Å². The van der Waals surface area contributed by atoms with Gasteiger partial charge in [-0.25, -0.2) is 0 Å². The minimum atomic E-state index is 0.162. The highest BCUT2D eigenvalue weighted by Gasteiger charge is 2.18. The number of para-hydroxylation sites is 1. The second-order valence-corrected chi connectivity index (χ2v) is 5.57. The second-order valence-electron chi connectivity index (χ2n) is 5.57. The van der Waals surface area contributed by atoms with Crippen LogP contribution in [0.2, 0.25) is 0 Å². The molecule has 1 aromatic rings. The first-order valence-corrected chi connectivity index (χ1v) is 7.68. The number of nitrogens with zero attached hydrogens (tertiary/aromatic N) is 1. The number of carbonyl (C=O) groups is 1. The molecule has 4 heteroatoms. The van der Waals surface area contributed by atoms with Gasteiger partial charge in [0.25, 0.3) is 0 Å². The summed E-state index contributed by atoms with van der Waals surface area (Å²) >= 11 is 0. The van der Waals surface area contributed by atoms with Crippen LogP contribution in [0.3, 0.4) is 0 Å². The van der Waals surface area contributed by atoms with E-state index in [1.807, 2.05) is 31.3 Å². The highest BCUT2D eigenvalue weighted by atomic mass is 16.5. The molecule has 1 aliphatic rings. The van der Waals surface area contributed by atoms with E-state index in [4.69, 9.17) is 9.47 Å². The molecule has 1 saturated heterocycles. The summed E-state index contributed by atoms with van der Waals surface area (Å²) in [5.74, 6) is 1.01. The van der Waals surface area contributed by atoms with E-state index < -0.39 is 0 Å². The fourth-order valence-electron chi connectivity index (χ4n) is 2.70. The van der Waals surface area contributed by atoms with Crippen LogP contribution in [-0.4, -0.2) is 44.2 Å². The van der Waals surface area contributed by atoms with E-state index in [-0.39, 0.29) is 12.0 Å². The molecule has 1 aliphatic heterocycles. The van der Waals surface area contributed by atoms with Gasteiger partial charge in [0.15, 0.2) is 0 Å². The lowest BCUT2D eigenvalue weighted by molar-refractivity contribution is -0.132. The van der Waals surface area contributed by atoms with Gasteiger partial charge >= 0.3 is 0 Å². The van der Waals surface area contributed by atoms with Crippen LogP contribution in [0.5, 0.6) is 5.75 Å². The smallest absolute Gasteiger partial charge is 0.222 e. The molecule has 0 spiro atoms. The predicted octanol–water partition coefficient (Wildman–Crippen LogP) is 2.66. The highest BCUT2D eigenvalue weighted by Crippen LogP contribution is 2.19. The van der Waals surface area contributed by atoms with Crippen LogP contribution in [0.15, 0.2) is 24.3 Å². The van der Waals surface area contributed by atoms with E-state index in [0.29, 0.717) is 19.4 Å². The largest absolute Gasteiger partial charge is 0.496 e. The zero-order chi connectivity index (χ0) is 15.1. The third-order valence-electron chi connectivity index (χ3n) is 3.98. The van der Waals surface area contributed by atoms with Gasteiger partial charge in [-0.15, -0.1) is 0 Å². The van der Waals surface area contributed by atoms with Crippen molar-refractivity contribution in [1.29, 1.82) is 0 Å². The lowest BCUT2D eigenvalue weighted by atomic mass is 10.1. The summed E-state index contributed by atoms with van der Waals surface area (Å²) in [4.78, 5) is 14.0. The molecule has 1 heterocycles. The number of aryl methyl sites for hydroxylation is 1. The van der Waals surface area contributed by atoms with Gasteiger partial charge < -0.3 is 14.4 Å². The van der Waals surface area contributed by atoms with E-state index in [2.05, 4.69) is 0 Å². The fourth-order valence-corrected chi connectivity index (χ4v) is 2.70. The third kappa shape index (κ3) is 4.74. The summed E-state index contributed by atoms with van der Waals surface area (Å²) in [6, 6.07) is 7.86. The molecule has 0 N–H and O–H groups in total. The van der Waals surface area contributed by atoms with Crippen LogP contribution in [0, 0.1) is 0 Å². The summed E-state index contributed by atoms with van der Waals surface area (Å²) in [6.07, 6.45) is 4.82. The highest BCUT2D eigenvalue weighted by molar-refractivity contribution is 5.76. The molecule has 0 unspecified atom stereocenters. The molecule has 2 rings (SSSR count). The van der Waals surface area contributed by atoms with Crippen molar-refractivity contribution in [3.8, 4) is 5.75 Å². The Morgan fingerprint density at radius 1 is 1.38 bits per heavy atom. The number of ether oxygens (including phenoxy) is 2. The van der Waals surface area contributed by atoms with Crippen LogP contribution in [-0.2, 0) is 16.0 Å². The standard InChI is InChI=1S/C17H25NO3/c1-18(13-15-8-5-6-12-21-15)17(19)11-10-14-7-3-4-9-16(14)20-2/h3-4,7,9,15H,5-6,8,10-13H2,1-2H3/t15-/m0/s1. The van der Waals surface area contributed by atoms with E-state index >= 15 is 0 Å². The molecule has 1 fully saturated rings. The first kappa shape index (κ1) is 15.8. The molecule has 1 amide bonds. The van der Waals surface area contributed by atoms with Gasteiger partial charge in [0, 0.05) is 26.6 Å². The molecular formula is C17H25NO3. The molecule has 0 aliphatic carbocycles. The average Bonchev–Trinajstić information content (AvgIpc) is 2.53. The first-order valence-electron chi connectivity index (χ1n) is 7.68. The van der Waals surface area contributed by atoms with E-state index in [0.717, 1.165) is 30.8 Å². The van der Waals surface area contributed by atoms with Gasteiger partial charge in [0.1, 0.15) is 5.75 Å². The second kappa shape index (κ2) is 8.03. The molecule has 0 radical (unpaired) electrons. The van der Waals surface area contributed by atoms with Gasteiger partial charge in [-0.1, -0.05) is 18.2 Å². The Hall–Kier alpha value is -1.55. The van der Waals surface area contributed by atoms with E-state index in [1.54, 1.807) is 12.0 Å². The Morgan fingerprint density at radius 3 is 2.90 bits per heavy atom. The number of rotatable bonds is 6. The molecule has 4 nitrogen and oxygen atoms in total. The number of hydrogen-bond acceptors (Lipinski definition) is 3. The van der Waals surface area contributed by atoms with Crippen molar-refractivity contribution < 1.29 is 14.3 Å². The van der Waals surface area contributed by atoms with Gasteiger partial charge in [-0.05, 0) is 37.3 Å². The molecule has 0 saturated carbocycles. The predicted molar refractivity (Wildman–Crippen MR) is 82.5 cm³/mol. The molecule has 0 aromatic heterocycles. The normalized spacial score (nSPS) is 18.3. The minimum Gasteiger partial charge on any atom is -0.496 e. The molecular weight excluding hydrogens is 266 g/mol. The van der Waals surface area contributed by atoms with Gasteiger partial charge in [-0.2, -0.15) is 0 Å². The number of methoxy groups -OCH3 is 1. The van der Waals surface area contributed by atoms with E-state index in [9.17, 15) is 4.79 Å². The quantitative estimate of drug-likeness (QED) is 0.809. The van der Waals surface area contributed by atoms with Crippen LogP contribution in [0.4, 0.5) is 0 Å². The molecule has 0 bridgehead atoms. The zero-order valence-corrected chi connectivity index (χ0v) is 13.0. The maximum absolute atomic E-state index is 12.2. The van der Waals surface area contributed by atoms with Crippen LogP contribution in [0.25, 0.3) is 0 Å². The fraction of sp³-hybridized carbons (Fsp3) is 0.588. The summed E-state index contributed by atoms with van der Waals surface area (Å²) < 4.78 is 11.0. The lowest BCUT2D eigenvalue weighted by Crippen LogP contribution is -2.37. The Balaban J connectivity index is 1.80. The SMILES string of the molecule is COc1ccccc1CCC(=O)N(C)C[C@@H]1CCCCO1. The number of amides is 1. The maximum Gasteiger partial charge on any atom is 0.222 e. The summed E-state index contributed by atoms with van der Waals surface area (Å²) in [5.41, 5.74) is 1.08. The summed E-state index contributed by atoms with van der Waals surface area (Å²) in [5, 5.41) is 0. The molecule has 21 heavy (non-hydrogen) atoms. The number of benzene rings is 1. The Bertz CT molecular complexity index is 455. The van der Waals surface area contributed by atoms with Gasteiger partial charge in [0.2, 0.25) is 5.91 Å². The van der Waals surface area contributed by atoms with Gasteiger partial charge in [0.05, 0.1) is 13.2 Å². The van der Waals surface area contributed by atoms with Crippen molar-refractivity contribution in [2.24, 2.45) is 0 Å². The Morgan fingerprint density at radius 2 is 2.19 bits per heavy atom. The molecule has 116 valence electrons. The van der Waals surface area contributed by atoms with Gasteiger partial charge in [-0.3, -0.25) is 4.79 Å². The third-order valence-corrected chi connectivity index (χ3v) is 3.98. The molecule has 1 aromatic carbocycles. The Labute approximate surface area is 127 Å². The van der Waals surface area contributed by atoms with Crippen molar-refractivity contribution in [3.63, 3.8) is 0 Å². The number of hydrogen-bond donors (Lipinski definition) is 0. The van der Waals surface area contributed by atoms with Crippen LogP contribution >= 0.6 is 0 Å². The summed E-state index contributed by atoms with van der Waals surface area (Å²) in [7, 11) is 3.52.